The molecule has 1 amide bonds. The highest BCUT2D eigenvalue weighted by Crippen LogP contribution is 2.34. The molecule has 7 heteroatoms. The SMILES string of the molecule is Cc1nc(C)c(CCC(=O)Nc2ccc3c(c2)OCO3)c(=O)[nH]1. The summed E-state index contributed by atoms with van der Waals surface area (Å²) < 4.78 is 10.5. The number of fused-ring (bicyclic) bond motifs is 1. The lowest BCUT2D eigenvalue weighted by molar-refractivity contribution is -0.116. The van der Waals surface area contributed by atoms with Crippen molar-refractivity contribution < 1.29 is 14.3 Å². The maximum atomic E-state index is 12.1. The molecule has 2 aromatic rings. The van der Waals surface area contributed by atoms with Crippen LogP contribution in [0.2, 0.25) is 0 Å². The third kappa shape index (κ3) is 3.33. The third-order valence-corrected chi connectivity index (χ3v) is 3.60. The van der Waals surface area contributed by atoms with E-state index in [-0.39, 0.29) is 24.7 Å². The molecule has 23 heavy (non-hydrogen) atoms. The number of hydrogen-bond donors (Lipinski definition) is 2. The molecule has 0 bridgehead atoms. The highest BCUT2D eigenvalue weighted by Gasteiger charge is 2.15. The van der Waals surface area contributed by atoms with Crippen LogP contribution in [0.1, 0.15) is 23.5 Å². The number of nitrogens with one attached hydrogen (secondary N) is 2. The number of nitrogens with zero attached hydrogens (tertiary/aromatic N) is 1. The lowest BCUT2D eigenvalue weighted by Crippen LogP contribution is -2.20. The molecule has 1 aliphatic rings. The fourth-order valence-corrected chi connectivity index (χ4v) is 2.48. The summed E-state index contributed by atoms with van der Waals surface area (Å²) in [4.78, 5) is 30.8. The van der Waals surface area contributed by atoms with Crippen molar-refractivity contribution in [3.05, 3.63) is 45.6 Å². The van der Waals surface area contributed by atoms with Crippen LogP contribution in [0.3, 0.4) is 0 Å². The van der Waals surface area contributed by atoms with Gasteiger partial charge in [-0.15, -0.1) is 0 Å². The Morgan fingerprint density at radius 2 is 2.09 bits per heavy atom. The Morgan fingerprint density at radius 3 is 2.87 bits per heavy atom. The number of aromatic nitrogens is 2. The number of aromatic amines is 1. The Morgan fingerprint density at radius 1 is 1.30 bits per heavy atom. The van der Waals surface area contributed by atoms with E-state index in [4.69, 9.17) is 9.47 Å². The maximum absolute atomic E-state index is 12.1. The first-order valence-electron chi connectivity index (χ1n) is 7.29. The van der Waals surface area contributed by atoms with Gasteiger partial charge in [0.1, 0.15) is 5.82 Å². The van der Waals surface area contributed by atoms with Gasteiger partial charge in [0, 0.05) is 29.4 Å². The minimum Gasteiger partial charge on any atom is -0.454 e. The number of carbonyl (C=O) groups is 1. The Labute approximate surface area is 132 Å². The van der Waals surface area contributed by atoms with Crippen LogP contribution in [-0.4, -0.2) is 22.7 Å². The zero-order valence-electron chi connectivity index (χ0n) is 12.9. The Kier molecular flexibility index (Phi) is 4.01. The number of ether oxygens (including phenoxy) is 2. The van der Waals surface area contributed by atoms with Gasteiger partial charge in [0.25, 0.3) is 5.56 Å². The number of hydrogen-bond acceptors (Lipinski definition) is 5. The highest BCUT2D eigenvalue weighted by atomic mass is 16.7. The number of anilines is 1. The summed E-state index contributed by atoms with van der Waals surface area (Å²) in [6.07, 6.45) is 0.536. The zero-order chi connectivity index (χ0) is 16.4. The van der Waals surface area contributed by atoms with Crippen LogP contribution in [0.4, 0.5) is 5.69 Å². The lowest BCUT2D eigenvalue weighted by Gasteiger charge is -2.07. The summed E-state index contributed by atoms with van der Waals surface area (Å²) in [5, 5.41) is 2.79. The summed E-state index contributed by atoms with van der Waals surface area (Å²) in [6.45, 7) is 3.69. The fraction of sp³-hybridized carbons (Fsp3) is 0.312. The van der Waals surface area contributed by atoms with Crippen molar-refractivity contribution in [1.29, 1.82) is 0 Å². The molecule has 0 aliphatic carbocycles. The van der Waals surface area contributed by atoms with Gasteiger partial charge in [-0.05, 0) is 32.4 Å². The topological polar surface area (TPSA) is 93.3 Å². The monoisotopic (exact) mass is 315 g/mol. The summed E-state index contributed by atoms with van der Waals surface area (Å²) in [6, 6.07) is 5.21. The molecular weight excluding hydrogens is 298 g/mol. The minimum absolute atomic E-state index is 0.178. The van der Waals surface area contributed by atoms with Gasteiger partial charge in [0.15, 0.2) is 11.5 Å². The Bertz CT molecular complexity index is 813. The first-order valence-corrected chi connectivity index (χ1v) is 7.29. The second-order valence-corrected chi connectivity index (χ2v) is 5.33. The molecule has 0 saturated carbocycles. The van der Waals surface area contributed by atoms with Gasteiger partial charge < -0.3 is 19.8 Å². The number of amides is 1. The largest absolute Gasteiger partial charge is 0.454 e. The van der Waals surface area contributed by atoms with Crippen molar-refractivity contribution in [2.45, 2.75) is 26.7 Å². The van der Waals surface area contributed by atoms with Crippen LogP contribution >= 0.6 is 0 Å². The maximum Gasteiger partial charge on any atom is 0.254 e. The molecule has 0 unspecified atom stereocenters. The predicted octanol–water partition coefficient (Wildman–Crippen LogP) is 1.69. The van der Waals surface area contributed by atoms with E-state index in [1.54, 1.807) is 32.0 Å². The molecule has 0 radical (unpaired) electrons. The zero-order valence-corrected chi connectivity index (χ0v) is 12.9. The van der Waals surface area contributed by atoms with Crippen molar-refractivity contribution in [2.24, 2.45) is 0 Å². The second kappa shape index (κ2) is 6.12. The normalized spacial score (nSPS) is 12.3. The van der Waals surface area contributed by atoms with E-state index in [0.29, 0.717) is 40.7 Å². The van der Waals surface area contributed by atoms with E-state index < -0.39 is 0 Å². The average Bonchev–Trinajstić information content (AvgIpc) is 2.93. The summed E-state index contributed by atoms with van der Waals surface area (Å²) in [5.41, 5.74) is 1.64. The van der Waals surface area contributed by atoms with Crippen LogP contribution in [0.5, 0.6) is 11.5 Å². The molecule has 1 aromatic heterocycles. The number of carbonyl (C=O) groups excluding carboxylic acids is 1. The van der Waals surface area contributed by atoms with Crippen LogP contribution in [0.15, 0.2) is 23.0 Å². The van der Waals surface area contributed by atoms with Crippen LogP contribution in [0, 0.1) is 13.8 Å². The molecule has 1 aliphatic heterocycles. The van der Waals surface area contributed by atoms with E-state index >= 15 is 0 Å². The van der Waals surface area contributed by atoms with Gasteiger partial charge in [-0.3, -0.25) is 9.59 Å². The minimum atomic E-state index is -0.189. The van der Waals surface area contributed by atoms with Gasteiger partial charge in [0.05, 0.1) is 0 Å². The number of benzene rings is 1. The van der Waals surface area contributed by atoms with E-state index in [2.05, 4.69) is 15.3 Å². The van der Waals surface area contributed by atoms with Gasteiger partial charge in [-0.25, -0.2) is 4.98 Å². The van der Waals surface area contributed by atoms with E-state index in [1.807, 2.05) is 0 Å². The van der Waals surface area contributed by atoms with Crippen molar-refractivity contribution >= 4 is 11.6 Å². The first-order chi connectivity index (χ1) is 11.0. The predicted molar refractivity (Wildman–Crippen MR) is 83.8 cm³/mol. The molecule has 120 valence electrons. The molecule has 7 nitrogen and oxygen atoms in total. The van der Waals surface area contributed by atoms with E-state index in [1.165, 1.54) is 0 Å². The Balaban J connectivity index is 1.63. The highest BCUT2D eigenvalue weighted by molar-refractivity contribution is 5.91. The first kappa shape index (κ1) is 15.1. The van der Waals surface area contributed by atoms with Crippen LogP contribution < -0.4 is 20.3 Å². The van der Waals surface area contributed by atoms with Gasteiger partial charge >= 0.3 is 0 Å². The molecule has 2 N–H and O–H groups in total. The van der Waals surface area contributed by atoms with Crippen LogP contribution in [0.25, 0.3) is 0 Å². The summed E-state index contributed by atoms with van der Waals surface area (Å²) in [7, 11) is 0. The quantitative estimate of drug-likeness (QED) is 0.895. The summed E-state index contributed by atoms with van der Waals surface area (Å²) >= 11 is 0. The number of aryl methyl sites for hydroxylation is 2. The van der Waals surface area contributed by atoms with Crippen molar-refractivity contribution in [2.75, 3.05) is 12.1 Å². The average molecular weight is 315 g/mol. The summed E-state index contributed by atoms with van der Waals surface area (Å²) in [5.74, 6) is 1.66. The molecule has 0 fully saturated rings. The fourth-order valence-electron chi connectivity index (χ4n) is 2.48. The molecule has 0 atom stereocenters. The van der Waals surface area contributed by atoms with Gasteiger partial charge in [-0.2, -0.15) is 0 Å². The standard InChI is InChI=1S/C16H17N3O4/c1-9-12(16(21)18-10(2)17-9)4-6-15(20)19-11-3-5-13-14(7-11)23-8-22-13/h3,5,7H,4,6,8H2,1-2H3,(H,19,20)(H,17,18,21). The van der Waals surface area contributed by atoms with E-state index in [0.717, 1.165) is 0 Å². The smallest absolute Gasteiger partial charge is 0.254 e. The Hall–Kier alpha value is -2.83. The number of H-pyrrole nitrogens is 1. The van der Waals surface area contributed by atoms with Crippen LogP contribution in [-0.2, 0) is 11.2 Å². The molecule has 2 heterocycles. The van der Waals surface area contributed by atoms with Crippen molar-refractivity contribution in [3.8, 4) is 11.5 Å². The van der Waals surface area contributed by atoms with Crippen molar-refractivity contribution in [3.63, 3.8) is 0 Å². The molecule has 0 spiro atoms. The molecular formula is C16H17N3O4. The van der Waals surface area contributed by atoms with Crippen molar-refractivity contribution in [1.82, 2.24) is 9.97 Å². The van der Waals surface area contributed by atoms with E-state index in [9.17, 15) is 9.59 Å². The molecule has 3 rings (SSSR count). The third-order valence-electron chi connectivity index (χ3n) is 3.60. The molecule has 1 aromatic carbocycles. The van der Waals surface area contributed by atoms with Gasteiger partial charge in [0.2, 0.25) is 12.7 Å². The second-order valence-electron chi connectivity index (χ2n) is 5.33. The number of rotatable bonds is 4. The lowest BCUT2D eigenvalue weighted by atomic mass is 10.1. The van der Waals surface area contributed by atoms with Gasteiger partial charge in [-0.1, -0.05) is 0 Å². The molecule has 0 saturated heterocycles.